The van der Waals surface area contributed by atoms with Crippen LogP contribution in [0.2, 0.25) is 0 Å². The number of amides is 1. The topological polar surface area (TPSA) is 183 Å². The number of carbonyl (C=O) groups is 3. The summed E-state index contributed by atoms with van der Waals surface area (Å²) < 4.78 is 9.91. The molecule has 0 spiro atoms. The lowest BCUT2D eigenvalue weighted by Gasteiger charge is -2.45. The van der Waals surface area contributed by atoms with E-state index in [2.05, 4.69) is 5.32 Å². The lowest BCUT2D eigenvalue weighted by Crippen LogP contribution is -2.67. The molecule has 1 rings (SSSR count). The van der Waals surface area contributed by atoms with Crippen LogP contribution in [0.4, 0.5) is 0 Å². The number of hydrogen-bond donors (Lipinski definition) is 6. The van der Waals surface area contributed by atoms with Crippen LogP contribution < -0.4 is 5.32 Å². The highest BCUT2D eigenvalue weighted by molar-refractivity contribution is 5.76. The van der Waals surface area contributed by atoms with Crippen molar-refractivity contribution in [3.05, 3.63) is 0 Å². The Bertz CT molecular complexity index is 497. The average Bonchev–Trinajstić information content (AvgIpc) is 2.47. The molecule has 0 saturated carbocycles. The van der Waals surface area contributed by atoms with Crippen molar-refractivity contribution in [3.63, 3.8) is 0 Å². The van der Waals surface area contributed by atoms with Crippen molar-refractivity contribution in [1.82, 2.24) is 5.32 Å². The Kier molecular flexibility index (Phi) is 6.63. The summed E-state index contributed by atoms with van der Waals surface area (Å²) in [5, 5.41) is 50.1. The summed E-state index contributed by atoms with van der Waals surface area (Å²) in [4.78, 5) is 33.8. The molecule has 0 radical (unpaired) electrons. The fourth-order valence-electron chi connectivity index (χ4n) is 2.44. The van der Waals surface area contributed by atoms with Gasteiger partial charge in [0.1, 0.15) is 24.4 Å². The predicted octanol–water partition coefficient (Wildman–Crippen LogP) is -3.30. The van der Waals surface area contributed by atoms with E-state index in [0.717, 1.165) is 13.8 Å². The van der Waals surface area contributed by atoms with Gasteiger partial charge in [0, 0.05) is 13.8 Å². The van der Waals surface area contributed by atoms with Crippen molar-refractivity contribution in [3.8, 4) is 0 Å². The van der Waals surface area contributed by atoms with Crippen molar-refractivity contribution in [2.75, 3.05) is 6.61 Å². The van der Waals surface area contributed by atoms with Crippen LogP contribution in [0.25, 0.3) is 0 Å². The number of nitrogens with one attached hydrogen (secondary N) is 1. The van der Waals surface area contributed by atoms with Crippen molar-refractivity contribution in [2.45, 2.75) is 56.5 Å². The van der Waals surface area contributed by atoms with E-state index in [0.29, 0.717) is 0 Å². The van der Waals surface area contributed by atoms with Gasteiger partial charge in [0.2, 0.25) is 5.91 Å². The minimum Gasteiger partial charge on any atom is -0.477 e. The number of aliphatic hydroxyl groups is 4. The van der Waals surface area contributed by atoms with Crippen LogP contribution in [0.3, 0.4) is 0 Å². The standard InChI is InChI=1S/C13H21NO10/c1-5(16)14-9-8(23-6(2)17)3-13(22,12(20)21)24-11(9)10(19)7(18)4-15/h7-11,15,18-19,22H,3-4H2,1-2H3,(H,14,16)(H,20,21)/t7-,8-,9+,10+,11+,13+/m0/s1. The third-order valence-corrected chi connectivity index (χ3v) is 3.50. The van der Waals surface area contributed by atoms with Gasteiger partial charge in [0.25, 0.3) is 5.79 Å². The molecular weight excluding hydrogens is 330 g/mol. The zero-order valence-electron chi connectivity index (χ0n) is 13.1. The molecule has 0 aromatic heterocycles. The first kappa shape index (κ1) is 20.3. The molecule has 0 aromatic carbocycles. The van der Waals surface area contributed by atoms with Gasteiger partial charge >= 0.3 is 11.9 Å². The molecule has 138 valence electrons. The summed E-state index contributed by atoms with van der Waals surface area (Å²) in [5.74, 6) is -6.06. The summed E-state index contributed by atoms with van der Waals surface area (Å²) in [6, 6.07) is -1.26. The van der Waals surface area contributed by atoms with Gasteiger partial charge in [0.05, 0.1) is 19.1 Å². The van der Waals surface area contributed by atoms with Gasteiger partial charge in [-0.25, -0.2) is 4.79 Å². The second kappa shape index (κ2) is 7.85. The number of carboxylic acids is 1. The van der Waals surface area contributed by atoms with E-state index in [1.54, 1.807) is 0 Å². The first-order chi connectivity index (χ1) is 11.0. The molecule has 1 saturated heterocycles. The van der Waals surface area contributed by atoms with E-state index in [1.807, 2.05) is 0 Å². The lowest BCUT2D eigenvalue weighted by molar-refractivity contribution is -0.296. The highest BCUT2D eigenvalue weighted by Crippen LogP contribution is 2.32. The van der Waals surface area contributed by atoms with Crippen LogP contribution in [-0.2, 0) is 23.9 Å². The quantitative estimate of drug-likeness (QED) is 0.265. The lowest BCUT2D eigenvalue weighted by atomic mass is 9.88. The van der Waals surface area contributed by atoms with E-state index in [4.69, 9.17) is 19.7 Å². The molecule has 0 aliphatic carbocycles. The number of carbonyl (C=O) groups excluding carboxylic acids is 2. The van der Waals surface area contributed by atoms with Crippen molar-refractivity contribution < 1.29 is 49.4 Å². The fraction of sp³-hybridized carbons (Fsp3) is 0.769. The molecular formula is C13H21NO10. The fourth-order valence-corrected chi connectivity index (χ4v) is 2.44. The second-order valence-electron chi connectivity index (χ2n) is 5.49. The predicted molar refractivity (Wildman–Crippen MR) is 74.3 cm³/mol. The van der Waals surface area contributed by atoms with E-state index < -0.39 is 67.1 Å². The van der Waals surface area contributed by atoms with Gasteiger partial charge in [-0.2, -0.15) is 0 Å². The number of ether oxygens (including phenoxy) is 2. The molecule has 0 aromatic rings. The molecule has 1 aliphatic rings. The normalized spacial score (nSPS) is 32.5. The summed E-state index contributed by atoms with van der Waals surface area (Å²) in [7, 11) is 0. The number of aliphatic carboxylic acids is 1. The van der Waals surface area contributed by atoms with Crippen LogP contribution in [0.15, 0.2) is 0 Å². The van der Waals surface area contributed by atoms with Crippen LogP contribution in [-0.4, -0.2) is 86.2 Å². The average molecular weight is 351 g/mol. The Morgan fingerprint density at radius 2 is 1.92 bits per heavy atom. The molecule has 11 heteroatoms. The molecule has 1 aliphatic heterocycles. The van der Waals surface area contributed by atoms with Gasteiger partial charge in [-0.15, -0.1) is 0 Å². The third kappa shape index (κ3) is 4.61. The highest BCUT2D eigenvalue weighted by Gasteiger charge is 2.55. The SMILES string of the molecule is CC(=O)N[C@H]1[C@H]([C@H](O)[C@@H](O)CO)O[C@@](O)(C(=O)O)C[C@@H]1OC(C)=O. The number of carboxylic acid groups (broad SMARTS) is 1. The molecule has 0 bridgehead atoms. The Hall–Kier alpha value is -1.79. The number of hydrogen-bond acceptors (Lipinski definition) is 9. The minimum atomic E-state index is -2.82. The summed E-state index contributed by atoms with van der Waals surface area (Å²) in [5.41, 5.74) is 0. The first-order valence-corrected chi connectivity index (χ1v) is 7.06. The van der Waals surface area contributed by atoms with Gasteiger partial charge in [-0.3, -0.25) is 9.59 Å². The van der Waals surface area contributed by atoms with Gasteiger partial charge in [0.15, 0.2) is 0 Å². The molecule has 1 heterocycles. The maximum absolute atomic E-state index is 11.4. The summed E-state index contributed by atoms with van der Waals surface area (Å²) in [6.07, 6.45) is -7.37. The number of rotatable bonds is 6. The number of esters is 1. The summed E-state index contributed by atoms with van der Waals surface area (Å²) >= 11 is 0. The second-order valence-corrected chi connectivity index (χ2v) is 5.49. The minimum absolute atomic E-state index is 0.614. The zero-order valence-corrected chi connectivity index (χ0v) is 13.1. The first-order valence-electron chi connectivity index (χ1n) is 7.06. The summed E-state index contributed by atoms with van der Waals surface area (Å²) in [6.45, 7) is 1.26. The molecule has 11 nitrogen and oxygen atoms in total. The molecule has 6 atom stereocenters. The Morgan fingerprint density at radius 3 is 2.33 bits per heavy atom. The maximum Gasteiger partial charge on any atom is 0.364 e. The maximum atomic E-state index is 11.4. The largest absolute Gasteiger partial charge is 0.477 e. The van der Waals surface area contributed by atoms with Crippen LogP contribution in [0, 0.1) is 0 Å². The molecule has 6 N–H and O–H groups in total. The van der Waals surface area contributed by atoms with Crippen LogP contribution >= 0.6 is 0 Å². The zero-order chi connectivity index (χ0) is 18.7. The van der Waals surface area contributed by atoms with Gasteiger partial charge < -0.3 is 40.3 Å². The van der Waals surface area contributed by atoms with Gasteiger partial charge in [-0.1, -0.05) is 0 Å². The third-order valence-electron chi connectivity index (χ3n) is 3.50. The van der Waals surface area contributed by atoms with Crippen LogP contribution in [0.5, 0.6) is 0 Å². The van der Waals surface area contributed by atoms with Crippen molar-refractivity contribution in [2.24, 2.45) is 0 Å². The molecule has 24 heavy (non-hydrogen) atoms. The van der Waals surface area contributed by atoms with E-state index in [1.165, 1.54) is 0 Å². The highest BCUT2D eigenvalue weighted by atomic mass is 16.7. The molecule has 0 unspecified atom stereocenters. The van der Waals surface area contributed by atoms with Crippen LogP contribution in [0.1, 0.15) is 20.3 Å². The van der Waals surface area contributed by atoms with Crippen molar-refractivity contribution >= 4 is 17.8 Å². The Balaban J connectivity index is 3.25. The Morgan fingerprint density at radius 1 is 1.33 bits per heavy atom. The molecule has 1 fully saturated rings. The van der Waals surface area contributed by atoms with E-state index in [9.17, 15) is 29.7 Å². The Labute approximate surface area is 136 Å². The van der Waals surface area contributed by atoms with Gasteiger partial charge in [-0.05, 0) is 0 Å². The monoisotopic (exact) mass is 351 g/mol. The molecule has 1 amide bonds. The smallest absolute Gasteiger partial charge is 0.364 e. The number of aliphatic hydroxyl groups excluding tert-OH is 3. The van der Waals surface area contributed by atoms with E-state index >= 15 is 0 Å². The van der Waals surface area contributed by atoms with E-state index in [-0.39, 0.29) is 0 Å². The van der Waals surface area contributed by atoms with Crippen molar-refractivity contribution in [1.29, 1.82) is 0 Å².